The number of para-hydroxylation sites is 1. The van der Waals surface area contributed by atoms with Gasteiger partial charge in [-0.05, 0) is 40.7 Å². The first-order valence-corrected chi connectivity index (χ1v) is 7.59. The highest BCUT2D eigenvalue weighted by Crippen LogP contribution is 2.43. The molecule has 20 heavy (non-hydrogen) atoms. The van der Waals surface area contributed by atoms with E-state index in [1.807, 2.05) is 0 Å². The first-order chi connectivity index (χ1) is 9.63. The van der Waals surface area contributed by atoms with Crippen LogP contribution in [0.2, 0.25) is 0 Å². The molecule has 0 aliphatic carbocycles. The predicted octanol–water partition coefficient (Wildman–Crippen LogP) is 5.04. The number of hydrogen-bond donors (Lipinski definition) is 0. The molecule has 0 atom stereocenters. The van der Waals surface area contributed by atoms with E-state index >= 15 is 0 Å². The minimum atomic E-state index is 0.563. The van der Waals surface area contributed by atoms with Crippen molar-refractivity contribution in [2.45, 2.75) is 39.5 Å². The number of benzene rings is 2. The van der Waals surface area contributed by atoms with Crippen LogP contribution >= 0.6 is 0 Å². The van der Waals surface area contributed by atoms with Gasteiger partial charge in [0.25, 0.3) is 0 Å². The molecule has 2 aromatic carbocycles. The predicted molar refractivity (Wildman–Crippen MR) is 87.2 cm³/mol. The van der Waals surface area contributed by atoms with Gasteiger partial charge in [0.05, 0.1) is 0 Å². The van der Waals surface area contributed by atoms with Crippen molar-refractivity contribution in [1.29, 1.82) is 0 Å². The van der Waals surface area contributed by atoms with E-state index in [1.165, 1.54) is 33.6 Å². The monoisotopic (exact) mass is 265 g/mol. The molecule has 104 valence electrons. The molecule has 0 bridgehead atoms. The van der Waals surface area contributed by atoms with Gasteiger partial charge in [0.1, 0.15) is 0 Å². The molecule has 1 heterocycles. The Labute approximate surface area is 122 Å². The second-order valence-electron chi connectivity index (χ2n) is 6.02. The van der Waals surface area contributed by atoms with E-state index in [0.717, 1.165) is 12.8 Å². The lowest BCUT2D eigenvalue weighted by molar-refractivity contribution is 0.832. The van der Waals surface area contributed by atoms with E-state index in [0.29, 0.717) is 5.92 Å². The van der Waals surface area contributed by atoms with Gasteiger partial charge in [-0.2, -0.15) is 0 Å². The Morgan fingerprint density at radius 3 is 2.50 bits per heavy atom. The quantitative estimate of drug-likeness (QED) is 0.735. The minimum absolute atomic E-state index is 0.563. The van der Waals surface area contributed by atoms with Crippen LogP contribution in [0.5, 0.6) is 0 Å². The van der Waals surface area contributed by atoms with Gasteiger partial charge in [-0.25, -0.2) is 0 Å². The molecule has 2 aromatic rings. The summed E-state index contributed by atoms with van der Waals surface area (Å²) < 4.78 is 0. The van der Waals surface area contributed by atoms with E-state index in [4.69, 9.17) is 0 Å². The van der Waals surface area contributed by atoms with Gasteiger partial charge < -0.3 is 4.90 Å². The first kappa shape index (κ1) is 13.2. The van der Waals surface area contributed by atoms with Crippen molar-refractivity contribution < 1.29 is 0 Å². The fourth-order valence-electron chi connectivity index (χ4n) is 3.50. The fourth-order valence-corrected chi connectivity index (χ4v) is 3.50. The van der Waals surface area contributed by atoms with Crippen molar-refractivity contribution in [3.05, 3.63) is 58.7 Å². The SMILES string of the molecule is CCc1ccc2c(c1C(C)C)N(C)c1ccccc1C2. The molecule has 1 heteroatoms. The van der Waals surface area contributed by atoms with E-state index in [-0.39, 0.29) is 0 Å². The van der Waals surface area contributed by atoms with Crippen LogP contribution in [0.4, 0.5) is 11.4 Å². The van der Waals surface area contributed by atoms with Gasteiger partial charge in [0, 0.05) is 24.8 Å². The third-order valence-electron chi connectivity index (χ3n) is 4.42. The van der Waals surface area contributed by atoms with Gasteiger partial charge in [0.15, 0.2) is 0 Å². The number of hydrogen-bond acceptors (Lipinski definition) is 1. The zero-order valence-electron chi connectivity index (χ0n) is 12.9. The zero-order valence-corrected chi connectivity index (χ0v) is 12.9. The molecule has 0 unspecified atom stereocenters. The third kappa shape index (κ3) is 1.93. The summed E-state index contributed by atoms with van der Waals surface area (Å²) >= 11 is 0. The van der Waals surface area contributed by atoms with Gasteiger partial charge >= 0.3 is 0 Å². The Bertz CT molecular complexity index is 640. The summed E-state index contributed by atoms with van der Waals surface area (Å²) in [5, 5.41) is 0. The molecule has 3 rings (SSSR count). The highest BCUT2D eigenvalue weighted by Gasteiger charge is 2.24. The smallest absolute Gasteiger partial charge is 0.0482 e. The molecule has 1 aliphatic heterocycles. The van der Waals surface area contributed by atoms with Crippen molar-refractivity contribution >= 4 is 11.4 Å². The summed E-state index contributed by atoms with van der Waals surface area (Å²) in [6, 6.07) is 13.4. The molecule has 0 saturated heterocycles. The third-order valence-corrected chi connectivity index (χ3v) is 4.42. The summed E-state index contributed by atoms with van der Waals surface area (Å²) in [6.07, 6.45) is 2.16. The molecule has 0 radical (unpaired) electrons. The second-order valence-corrected chi connectivity index (χ2v) is 6.02. The first-order valence-electron chi connectivity index (χ1n) is 7.59. The number of aryl methyl sites for hydroxylation is 1. The summed E-state index contributed by atoms with van der Waals surface area (Å²) in [4.78, 5) is 2.39. The van der Waals surface area contributed by atoms with Crippen LogP contribution in [-0.4, -0.2) is 7.05 Å². The van der Waals surface area contributed by atoms with Crippen molar-refractivity contribution in [1.82, 2.24) is 0 Å². The molecule has 0 saturated carbocycles. The maximum absolute atomic E-state index is 2.39. The summed E-state index contributed by atoms with van der Waals surface area (Å²) in [7, 11) is 2.21. The van der Waals surface area contributed by atoms with Crippen molar-refractivity contribution in [2.75, 3.05) is 11.9 Å². The van der Waals surface area contributed by atoms with Crippen LogP contribution in [0, 0.1) is 0 Å². The van der Waals surface area contributed by atoms with Crippen molar-refractivity contribution in [3.63, 3.8) is 0 Å². The van der Waals surface area contributed by atoms with E-state index in [1.54, 1.807) is 0 Å². The molecule has 0 spiro atoms. The Morgan fingerprint density at radius 2 is 1.80 bits per heavy atom. The van der Waals surface area contributed by atoms with E-state index in [2.05, 4.69) is 69.1 Å². The van der Waals surface area contributed by atoms with Crippen LogP contribution in [-0.2, 0) is 12.8 Å². The Kier molecular flexibility index (Phi) is 3.29. The molecule has 1 nitrogen and oxygen atoms in total. The summed E-state index contributed by atoms with van der Waals surface area (Å²) in [5.74, 6) is 0.563. The number of anilines is 2. The van der Waals surface area contributed by atoms with Crippen LogP contribution in [0.3, 0.4) is 0 Å². The van der Waals surface area contributed by atoms with Crippen molar-refractivity contribution in [2.24, 2.45) is 0 Å². The molecule has 1 aliphatic rings. The Hall–Kier alpha value is -1.76. The van der Waals surface area contributed by atoms with E-state index in [9.17, 15) is 0 Å². The number of nitrogens with zero attached hydrogens (tertiary/aromatic N) is 1. The van der Waals surface area contributed by atoms with Crippen LogP contribution in [0.25, 0.3) is 0 Å². The van der Waals surface area contributed by atoms with Gasteiger partial charge in [-0.1, -0.05) is 51.1 Å². The molecular weight excluding hydrogens is 242 g/mol. The lowest BCUT2D eigenvalue weighted by Gasteiger charge is -2.34. The molecular formula is C19H23N. The van der Waals surface area contributed by atoms with Crippen LogP contribution in [0.1, 0.15) is 48.9 Å². The fraction of sp³-hybridized carbons (Fsp3) is 0.368. The maximum atomic E-state index is 2.39. The lowest BCUT2D eigenvalue weighted by Crippen LogP contribution is -2.21. The van der Waals surface area contributed by atoms with Crippen molar-refractivity contribution in [3.8, 4) is 0 Å². The van der Waals surface area contributed by atoms with Gasteiger partial charge in [0.2, 0.25) is 0 Å². The minimum Gasteiger partial charge on any atom is -0.344 e. The Balaban J connectivity index is 2.23. The lowest BCUT2D eigenvalue weighted by atomic mass is 9.86. The number of rotatable bonds is 2. The Morgan fingerprint density at radius 1 is 1.05 bits per heavy atom. The summed E-state index contributed by atoms with van der Waals surface area (Å²) in [5.41, 5.74) is 8.72. The standard InChI is InChI=1S/C19H23N/c1-5-14-10-11-16-12-15-8-6-7-9-17(15)20(4)19(16)18(14)13(2)3/h6-11,13H,5,12H2,1-4H3. The number of fused-ring (bicyclic) bond motifs is 2. The molecule has 0 fully saturated rings. The molecule has 0 aromatic heterocycles. The van der Waals surface area contributed by atoms with E-state index < -0.39 is 0 Å². The topological polar surface area (TPSA) is 3.24 Å². The average molecular weight is 265 g/mol. The normalized spacial score (nSPS) is 13.3. The second kappa shape index (κ2) is 4.97. The largest absolute Gasteiger partial charge is 0.344 e. The van der Waals surface area contributed by atoms with Gasteiger partial charge in [-0.3, -0.25) is 0 Å². The highest BCUT2D eigenvalue weighted by atomic mass is 15.1. The average Bonchev–Trinajstić information content (AvgIpc) is 2.46. The molecule has 0 N–H and O–H groups in total. The molecule has 0 amide bonds. The van der Waals surface area contributed by atoms with Crippen LogP contribution < -0.4 is 4.90 Å². The zero-order chi connectivity index (χ0) is 14.3. The van der Waals surface area contributed by atoms with Gasteiger partial charge in [-0.15, -0.1) is 0 Å². The van der Waals surface area contributed by atoms with Crippen LogP contribution in [0.15, 0.2) is 36.4 Å². The highest BCUT2D eigenvalue weighted by molar-refractivity contribution is 5.77. The summed E-state index contributed by atoms with van der Waals surface area (Å²) in [6.45, 7) is 6.87. The maximum Gasteiger partial charge on any atom is 0.0482 e.